The molecule has 0 spiro atoms. The number of halogens is 2. The van der Waals surface area contributed by atoms with Crippen LogP contribution in [0.15, 0.2) is 12.1 Å². The van der Waals surface area contributed by atoms with Gasteiger partial charge in [-0.25, -0.2) is 4.68 Å². The molecule has 0 aliphatic heterocycles. The second-order valence-electron chi connectivity index (χ2n) is 4.94. The summed E-state index contributed by atoms with van der Waals surface area (Å²) in [5.41, 5.74) is 7.00. The molecule has 2 N–H and O–H groups in total. The number of anilines is 1. The van der Waals surface area contributed by atoms with Crippen LogP contribution in [0.5, 0.6) is 0 Å². The van der Waals surface area contributed by atoms with Crippen LogP contribution < -0.4 is 5.73 Å². The van der Waals surface area contributed by atoms with E-state index in [1.807, 2.05) is 0 Å². The molecule has 108 valence electrons. The highest BCUT2D eigenvalue weighted by Crippen LogP contribution is 2.36. The lowest BCUT2D eigenvalue weighted by Gasteiger charge is -2.19. The first kappa shape index (κ1) is 15.1. The van der Waals surface area contributed by atoms with Crippen LogP contribution in [0.1, 0.15) is 33.2 Å². The molecule has 0 fully saturated rings. The molecule has 20 heavy (non-hydrogen) atoms. The van der Waals surface area contributed by atoms with Crippen molar-refractivity contribution in [2.24, 2.45) is 5.92 Å². The van der Waals surface area contributed by atoms with Gasteiger partial charge in [0.15, 0.2) is 5.82 Å². The topological polar surface area (TPSA) is 69.6 Å². The summed E-state index contributed by atoms with van der Waals surface area (Å²) in [6.07, 6.45) is 1.03. The van der Waals surface area contributed by atoms with Crippen molar-refractivity contribution < 1.29 is 0 Å². The molecule has 0 saturated carbocycles. The van der Waals surface area contributed by atoms with Crippen LogP contribution in [0.2, 0.25) is 10.0 Å². The standard InChI is InChI=1S/C13H17Cl2N5/c1-4-7(2)8(3)20-13(17-18-19-20)10-5-9(16)6-11(14)12(10)15/h5-8H,4,16H2,1-3H3. The minimum absolute atomic E-state index is 0.154. The molecular weight excluding hydrogens is 297 g/mol. The van der Waals surface area contributed by atoms with Crippen molar-refractivity contribution >= 4 is 28.9 Å². The first-order valence-electron chi connectivity index (χ1n) is 6.48. The zero-order valence-electron chi connectivity index (χ0n) is 11.6. The Hall–Kier alpha value is -1.33. The van der Waals surface area contributed by atoms with Gasteiger partial charge in [0.05, 0.1) is 16.1 Å². The third-order valence-corrected chi connectivity index (χ3v) is 4.44. The average Bonchev–Trinajstić information content (AvgIpc) is 2.90. The molecule has 5 nitrogen and oxygen atoms in total. The lowest BCUT2D eigenvalue weighted by atomic mass is 10.0. The minimum Gasteiger partial charge on any atom is -0.399 e. The van der Waals surface area contributed by atoms with E-state index >= 15 is 0 Å². The highest BCUT2D eigenvalue weighted by molar-refractivity contribution is 6.43. The van der Waals surface area contributed by atoms with Crippen LogP contribution in [0.4, 0.5) is 5.69 Å². The summed E-state index contributed by atoms with van der Waals surface area (Å²) in [6, 6.07) is 3.50. The third kappa shape index (κ3) is 2.74. The predicted molar refractivity (Wildman–Crippen MR) is 81.9 cm³/mol. The number of hydrogen-bond donors (Lipinski definition) is 1. The summed E-state index contributed by atoms with van der Waals surface area (Å²) in [5.74, 6) is 1.02. The number of nitrogen functional groups attached to an aromatic ring is 1. The van der Waals surface area contributed by atoms with E-state index in [0.29, 0.717) is 33.0 Å². The molecule has 7 heteroatoms. The van der Waals surface area contributed by atoms with Crippen LogP contribution in [0.25, 0.3) is 11.4 Å². The van der Waals surface area contributed by atoms with E-state index in [2.05, 4.69) is 36.3 Å². The normalized spacial score (nSPS) is 14.2. The second-order valence-corrected chi connectivity index (χ2v) is 5.72. The van der Waals surface area contributed by atoms with Crippen molar-refractivity contribution in [1.29, 1.82) is 0 Å². The molecule has 2 aromatic rings. The van der Waals surface area contributed by atoms with E-state index in [0.717, 1.165) is 6.42 Å². The smallest absolute Gasteiger partial charge is 0.183 e. The van der Waals surface area contributed by atoms with Crippen LogP contribution in [0.3, 0.4) is 0 Å². The van der Waals surface area contributed by atoms with Crippen molar-refractivity contribution in [1.82, 2.24) is 20.2 Å². The number of tetrazole rings is 1. The predicted octanol–water partition coefficient (Wildman–Crippen LogP) is 3.84. The third-order valence-electron chi connectivity index (χ3n) is 3.64. The fourth-order valence-electron chi connectivity index (χ4n) is 2.00. The lowest BCUT2D eigenvalue weighted by Crippen LogP contribution is -2.16. The monoisotopic (exact) mass is 313 g/mol. The maximum atomic E-state index is 6.25. The fourth-order valence-corrected chi connectivity index (χ4v) is 2.42. The Balaban J connectivity index is 2.53. The zero-order valence-corrected chi connectivity index (χ0v) is 13.2. The van der Waals surface area contributed by atoms with Crippen molar-refractivity contribution in [2.45, 2.75) is 33.2 Å². The van der Waals surface area contributed by atoms with Crippen LogP contribution in [0, 0.1) is 5.92 Å². The zero-order chi connectivity index (χ0) is 14.9. The maximum absolute atomic E-state index is 6.25. The van der Waals surface area contributed by atoms with E-state index in [9.17, 15) is 0 Å². The van der Waals surface area contributed by atoms with Gasteiger partial charge in [-0.15, -0.1) is 5.10 Å². The number of nitrogens with two attached hydrogens (primary N) is 1. The minimum atomic E-state index is 0.154. The van der Waals surface area contributed by atoms with E-state index in [1.165, 1.54) is 0 Å². The quantitative estimate of drug-likeness (QED) is 0.871. The van der Waals surface area contributed by atoms with Gasteiger partial charge in [-0.1, -0.05) is 43.5 Å². The van der Waals surface area contributed by atoms with E-state index in [-0.39, 0.29) is 6.04 Å². The molecule has 0 saturated heterocycles. The Bertz CT molecular complexity index is 611. The average molecular weight is 314 g/mol. The summed E-state index contributed by atoms with van der Waals surface area (Å²) in [7, 11) is 0. The number of rotatable bonds is 4. The molecule has 0 aliphatic rings. The molecular formula is C13H17Cl2N5. The summed E-state index contributed by atoms with van der Waals surface area (Å²) < 4.78 is 1.77. The van der Waals surface area contributed by atoms with Crippen molar-refractivity contribution in [2.75, 3.05) is 5.73 Å². The van der Waals surface area contributed by atoms with Gasteiger partial charge in [-0.05, 0) is 35.4 Å². The molecule has 1 aromatic carbocycles. The second kappa shape index (κ2) is 5.97. The molecule has 1 aromatic heterocycles. The van der Waals surface area contributed by atoms with Crippen molar-refractivity contribution in [3.63, 3.8) is 0 Å². The Labute approximate surface area is 128 Å². The highest BCUT2D eigenvalue weighted by Gasteiger charge is 2.21. The number of hydrogen-bond acceptors (Lipinski definition) is 4. The van der Waals surface area contributed by atoms with Gasteiger partial charge in [-0.2, -0.15) is 0 Å². The van der Waals surface area contributed by atoms with Gasteiger partial charge in [0.2, 0.25) is 0 Å². The van der Waals surface area contributed by atoms with E-state index in [1.54, 1.807) is 16.8 Å². The van der Waals surface area contributed by atoms with Crippen LogP contribution in [-0.2, 0) is 0 Å². The molecule has 0 radical (unpaired) electrons. The van der Waals surface area contributed by atoms with E-state index < -0.39 is 0 Å². The largest absolute Gasteiger partial charge is 0.399 e. The first-order valence-corrected chi connectivity index (χ1v) is 7.24. The molecule has 2 atom stereocenters. The van der Waals surface area contributed by atoms with E-state index in [4.69, 9.17) is 28.9 Å². The number of benzene rings is 1. The molecule has 2 unspecified atom stereocenters. The fraction of sp³-hybridized carbons (Fsp3) is 0.462. The molecule has 0 aliphatic carbocycles. The summed E-state index contributed by atoms with van der Waals surface area (Å²) in [4.78, 5) is 0. The SMILES string of the molecule is CCC(C)C(C)n1nnnc1-c1cc(N)cc(Cl)c1Cl. The first-order chi connectivity index (χ1) is 9.45. The van der Waals surface area contributed by atoms with Gasteiger partial charge >= 0.3 is 0 Å². The Kier molecular flexibility index (Phi) is 4.50. The van der Waals surface area contributed by atoms with Gasteiger partial charge < -0.3 is 5.73 Å². The lowest BCUT2D eigenvalue weighted by molar-refractivity contribution is 0.340. The van der Waals surface area contributed by atoms with Gasteiger partial charge in [0, 0.05) is 11.3 Å². The maximum Gasteiger partial charge on any atom is 0.183 e. The summed E-state index contributed by atoms with van der Waals surface area (Å²) in [5, 5.41) is 12.7. The number of nitrogens with zero attached hydrogens (tertiary/aromatic N) is 4. The summed E-state index contributed by atoms with van der Waals surface area (Å²) >= 11 is 12.3. The Morgan fingerprint density at radius 3 is 2.65 bits per heavy atom. The summed E-state index contributed by atoms with van der Waals surface area (Å²) in [6.45, 7) is 6.37. The van der Waals surface area contributed by atoms with Gasteiger partial charge in [-0.3, -0.25) is 0 Å². The highest BCUT2D eigenvalue weighted by atomic mass is 35.5. The van der Waals surface area contributed by atoms with Crippen molar-refractivity contribution in [3.8, 4) is 11.4 Å². The molecule has 1 heterocycles. The Morgan fingerprint density at radius 1 is 1.30 bits per heavy atom. The van der Waals surface area contributed by atoms with Crippen LogP contribution in [-0.4, -0.2) is 20.2 Å². The van der Waals surface area contributed by atoms with Crippen molar-refractivity contribution in [3.05, 3.63) is 22.2 Å². The van der Waals surface area contributed by atoms with Crippen LogP contribution >= 0.6 is 23.2 Å². The number of aromatic nitrogens is 4. The van der Waals surface area contributed by atoms with Gasteiger partial charge in [0.25, 0.3) is 0 Å². The Morgan fingerprint density at radius 2 is 2.00 bits per heavy atom. The molecule has 2 rings (SSSR count). The molecule has 0 bridgehead atoms. The molecule has 0 amide bonds. The van der Waals surface area contributed by atoms with Gasteiger partial charge in [0.1, 0.15) is 0 Å².